The molecule has 206 valence electrons. The molecule has 14 nitrogen and oxygen atoms in total. The third-order valence-corrected chi connectivity index (χ3v) is 8.19. The van der Waals surface area contributed by atoms with E-state index < -0.39 is 46.6 Å². The third-order valence-electron chi connectivity index (χ3n) is 5.57. The molecule has 2 atom stereocenters. The number of thioether (sulfide) groups is 1. The van der Waals surface area contributed by atoms with Crippen LogP contribution < -0.4 is 16.4 Å². The van der Waals surface area contributed by atoms with Gasteiger partial charge < -0.3 is 36.5 Å². The Morgan fingerprint density at radius 2 is 2.08 bits per heavy atom. The summed E-state index contributed by atoms with van der Waals surface area (Å²) in [6.45, 7) is 1.66. The number of carboxylic acid groups (broad SMARTS) is 1. The van der Waals surface area contributed by atoms with Crippen LogP contribution in [-0.4, -0.2) is 84.9 Å². The van der Waals surface area contributed by atoms with E-state index >= 15 is 0 Å². The van der Waals surface area contributed by atoms with E-state index in [9.17, 15) is 34.5 Å². The quantitative estimate of drug-likeness (QED) is 0.0975. The zero-order valence-electron chi connectivity index (χ0n) is 20.0. The SMILES string of the molecule is CCO/N=C(\C(=O)NC1C(=O)N2C(C(=O)O)=C(CNC(=O)c3cc(O)c(O)c(Br)c3)CS[C@H]12)c1csc(N)n1. The first kappa shape index (κ1) is 28.2. The van der Waals surface area contributed by atoms with Gasteiger partial charge in [0.15, 0.2) is 22.3 Å². The Labute approximate surface area is 237 Å². The van der Waals surface area contributed by atoms with Crippen molar-refractivity contribution in [2.24, 2.45) is 5.16 Å². The van der Waals surface area contributed by atoms with Crippen molar-refractivity contribution in [3.8, 4) is 11.5 Å². The number of carboxylic acids is 1. The Morgan fingerprint density at radius 3 is 2.69 bits per heavy atom. The summed E-state index contributed by atoms with van der Waals surface area (Å²) >= 11 is 5.34. The number of carbonyl (C=O) groups excluding carboxylic acids is 3. The van der Waals surface area contributed by atoms with Gasteiger partial charge in [0.25, 0.3) is 17.7 Å². The number of oxime groups is 1. The molecule has 3 heterocycles. The minimum atomic E-state index is -1.37. The van der Waals surface area contributed by atoms with E-state index in [0.717, 1.165) is 22.3 Å². The van der Waals surface area contributed by atoms with Gasteiger partial charge in [0, 0.05) is 23.2 Å². The van der Waals surface area contributed by atoms with E-state index in [0.29, 0.717) is 0 Å². The van der Waals surface area contributed by atoms with Crippen molar-refractivity contribution in [3.63, 3.8) is 0 Å². The molecule has 0 aliphatic carbocycles. The molecule has 0 saturated carbocycles. The van der Waals surface area contributed by atoms with Crippen LogP contribution in [0.5, 0.6) is 11.5 Å². The van der Waals surface area contributed by atoms with Gasteiger partial charge in [0.2, 0.25) is 0 Å². The predicted octanol–water partition coefficient (Wildman–Crippen LogP) is 0.808. The minimum absolute atomic E-state index is 0.0187. The molecule has 1 aromatic carbocycles. The van der Waals surface area contributed by atoms with E-state index in [2.05, 4.69) is 36.7 Å². The van der Waals surface area contributed by atoms with Crippen LogP contribution >= 0.6 is 39.0 Å². The summed E-state index contributed by atoms with van der Waals surface area (Å²) < 4.78 is 0.0983. The topological polar surface area (TPSA) is 217 Å². The van der Waals surface area contributed by atoms with Crippen LogP contribution in [0.25, 0.3) is 0 Å². The average Bonchev–Trinajstić information content (AvgIpc) is 3.33. The van der Waals surface area contributed by atoms with E-state index in [-0.39, 0.29) is 56.7 Å². The number of rotatable bonds is 9. The van der Waals surface area contributed by atoms with E-state index in [4.69, 9.17) is 10.6 Å². The predicted molar refractivity (Wildman–Crippen MR) is 144 cm³/mol. The highest BCUT2D eigenvalue weighted by Gasteiger charge is 2.54. The molecule has 1 aromatic heterocycles. The van der Waals surface area contributed by atoms with Crippen molar-refractivity contribution < 1.29 is 39.3 Å². The highest BCUT2D eigenvalue weighted by Crippen LogP contribution is 2.40. The van der Waals surface area contributed by atoms with Crippen molar-refractivity contribution >= 4 is 73.6 Å². The van der Waals surface area contributed by atoms with Crippen molar-refractivity contribution in [1.29, 1.82) is 0 Å². The fourth-order valence-electron chi connectivity index (χ4n) is 3.76. The molecule has 0 spiro atoms. The number of carbonyl (C=O) groups is 4. The maximum Gasteiger partial charge on any atom is 0.352 e. The Hall–Kier alpha value is -3.83. The summed E-state index contributed by atoms with van der Waals surface area (Å²) in [6.07, 6.45) is 0. The standard InChI is InChI=1S/C22H21BrN6O8S2/c1-2-37-28-13(11-7-39-22(24)26-11)18(33)27-14-19(34)29-15(21(35)36)9(6-38-20(14)29)5-25-17(32)8-3-10(23)16(31)12(30)4-8/h3-4,7,14,20,30-31H,2,5-6H2,1H3,(H2,24,26)(H,25,32)(H,27,33)(H,35,36)/b28-13-/t14?,20-/m1/s1. The lowest BCUT2D eigenvalue weighted by Crippen LogP contribution is -2.71. The van der Waals surface area contributed by atoms with Crippen LogP contribution in [0.4, 0.5) is 5.13 Å². The van der Waals surface area contributed by atoms with Gasteiger partial charge in [0.05, 0.1) is 4.47 Å². The second-order valence-corrected chi connectivity index (χ2v) is 10.9. The molecule has 1 saturated heterocycles. The van der Waals surface area contributed by atoms with Crippen molar-refractivity contribution in [2.75, 3.05) is 24.6 Å². The fraction of sp³-hybridized carbons (Fsp3) is 0.273. The summed E-state index contributed by atoms with van der Waals surface area (Å²) in [5.41, 5.74) is 5.64. The van der Waals surface area contributed by atoms with Gasteiger partial charge >= 0.3 is 5.97 Å². The van der Waals surface area contributed by atoms with Gasteiger partial charge in [-0.25, -0.2) is 9.78 Å². The summed E-state index contributed by atoms with van der Waals surface area (Å²) in [5.74, 6) is -4.19. The molecule has 17 heteroatoms. The van der Waals surface area contributed by atoms with Crippen LogP contribution in [0.15, 0.2) is 38.4 Å². The molecule has 3 amide bonds. The highest BCUT2D eigenvalue weighted by molar-refractivity contribution is 9.10. The molecular weight excluding hydrogens is 620 g/mol. The average molecular weight is 641 g/mol. The minimum Gasteiger partial charge on any atom is -0.504 e. The molecule has 2 aromatic rings. The zero-order chi connectivity index (χ0) is 28.4. The number of nitrogens with zero attached hydrogens (tertiary/aromatic N) is 3. The number of fused-ring (bicyclic) bond motifs is 1. The van der Waals surface area contributed by atoms with Gasteiger partial charge in [0.1, 0.15) is 29.4 Å². The number of aromatic hydroxyl groups is 2. The molecule has 1 fully saturated rings. The van der Waals surface area contributed by atoms with Crippen LogP contribution in [0.3, 0.4) is 0 Å². The van der Waals surface area contributed by atoms with Gasteiger partial charge in [-0.1, -0.05) is 5.16 Å². The zero-order valence-corrected chi connectivity index (χ0v) is 23.2. The monoisotopic (exact) mass is 640 g/mol. The second kappa shape index (κ2) is 11.5. The Kier molecular flexibility index (Phi) is 8.31. The van der Waals surface area contributed by atoms with E-state index in [1.165, 1.54) is 23.2 Å². The first-order chi connectivity index (χ1) is 18.5. The highest BCUT2D eigenvalue weighted by atomic mass is 79.9. The largest absolute Gasteiger partial charge is 0.504 e. The number of phenols is 2. The number of phenolic OH excluding ortho intramolecular Hbond substituents is 2. The number of nitrogens with one attached hydrogen (secondary N) is 2. The lowest BCUT2D eigenvalue weighted by molar-refractivity contribution is -0.150. The van der Waals surface area contributed by atoms with Gasteiger partial charge in [-0.05, 0) is 40.6 Å². The smallest absolute Gasteiger partial charge is 0.352 e. The first-order valence-corrected chi connectivity index (χ1v) is 13.9. The van der Waals surface area contributed by atoms with Gasteiger partial charge in [-0.3, -0.25) is 19.3 Å². The number of nitrogens with two attached hydrogens (primary N) is 1. The lowest BCUT2D eigenvalue weighted by atomic mass is 10.0. The number of thiazole rings is 1. The Bertz CT molecular complexity index is 1400. The number of β-lactam (4-membered cyclic amide) rings is 1. The third kappa shape index (κ3) is 5.64. The van der Waals surface area contributed by atoms with E-state index in [1.807, 2.05) is 0 Å². The second-order valence-electron chi connectivity index (χ2n) is 8.06. The molecule has 0 bridgehead atoms. The maximum absolute atomic E-state index is 13.0. The van der Waals surface area contributed by atoms with Crippen LogP contribution in [-0.2, 0) is 19.2 Å². The molecule has 2 aliphatic rings. The van der Waals surface area contributed by atoms with E-state index in [1.54, 1.807) is 6.92 Å². The maximum atomic E-state index is 13.0. The number of anilines is 1. The molecule has 7 N–H and O–H groups in total. The van der Waals surface area contributed by atoms with Crippen LogP contribution in [0.1, 0.15) is 23.0 Å². The van der Waals surface area contributed by atoms with Gasteiger partial charge in [-0.15, -0.1) is 23.1 Å². The Balaban J connectivity index is 1.48. The number of benzene rings is 1. The van der Waals surface area contributed by atoms with Crippen LogP contribution in [0, 0.1) is 0 Å². The van der Waals surface area contributed by atoms with Crippen molar-refractivity contribution in [1.82, 2.24) is 20.5 Å². The molecule has 2 aliphatic heterocycles. The number of hydrogen-bond acceptors (Lipinski definition) is 12. The number of hydrogen-bond donors (Lipinski definition) is 6. The summed E-state index contributed by atoms with van der Waals surface area (Å²) in [4.78, 5) is 60.7. The van der Waals surface area contributed by atoms with Crippen molar-refractivity contribution in [3.05, 3.63) is 44.5 Å². The number of nitrogen functional groups attached to an aromatic ring is 1. The van der Waals surface area contributed by atoms with Crippen molar-refractivity contribution in [2.45, 2.75) is 18.3 Å². The lowest BCUT2D eigenvalue weighted by Gasteiger charge is -2.49. The van der Waals surface area contributed by atoms with Gasteiger partial charge in [-0.2, -0.15) is 0 Å². The number of amides is 3. The number of aliphatic carboxylic acids is 1. The first-order valence-electron chi connectivity index (χ1n) is 11.1. The van der Waals surface area contributed by atoms with Crippen LogP contribution in [0.2, 0.25) is 0 Å². The fourth-order valence-corrected chi connectivity index (χ4v) is 6.11. The molecule has 4 rings (SSSR count). The molecule has 0 radical (unpaired) electrons. The Morgan fingerprint density at radius 1 is 1.33 bits per heavy atom. The number of aromatic nitrogens is 1. The molecule has 39 heavy (non-hydrogen) atoms. The summed E-state index contributed by atoms with van der Waals surface area (Å²) in [6, 6.07) is 1.31. The molecular formula is C22H21BrN6O8S2. The summed E-state index contributed by atoms with van der Waals surface area (Å²) in [7, 11) is 0. The number of halogens is 1. The normalized spacial score (nSPS) is 18.8. The summed E-state index contributed by atoms with van der Waals surface area (Å²) in [5, 5.41) is 39.2. The molecule has 1 unspecified atom stereocenters.